The zero-order valence-corrected chi connectivity index (χ0v) is 39.2. The van der Waals surface area contributed by atoms with Crippen LogP contribution in [0.4, 0.5) is 5.69 Å². The molecule has 1 unspecified atom stereocenters. The minimum absolute atomic E-state index is 0.0579. The van der Waals surface area contributed by atoms with Crippen LogP contribution < -0.4 is 32.7 Å². The monoisotopic (exact) mass is 936 g/mol. The van der Waals surface area contributed by atoms with Crippen molar-refractivity contribution in [3.05, 3.63) is 99.0 Å². The lowest BCUT2D eigenvalue weighted by molar-refractivity contribution is -0.149. The fourth-order valence-electron chi connectivity index (χ4n) is 9.35. The number of ether oxygens (including phenoxy) is 3. The van der Waals surface area contributed by atoms with E-state index in [0.29, 0.717) is 51.0 Å². The van der Waals surface area contributed by atoms with Gasteiger partial charge in [0.2, 0.25) is 29.5 Å². The number of carbonyl (C=O) groups is 6. The van der Waals surface area contributed by atoms with Crippen LogP contribution in [-0.4, -0.2) is 114 Å². The van der Waals surface area contributed by atoms with E-state index in [1.54, 1.807) is 11.9 Å². The van der Waals surface area contributed by atoms with Gasteiger partial charge in [0, 0.05) is 46.5 Å². The van der Waals surface area contributed by atoms with Gasteiger partial charge in [0.05, 0.1) is 54.7 Å². The third-order valence-corrected chi connectivity index (χ3v) is 13.3. The van der Waals surface area contributed by atoms with Crippen molar-refractivity contribution in [3.63, 3.8) is 0 Å². The van der Waals surface area contributed by atoms with E-state index in [0.717, 1.165) is 69.6 Å². The molecule has 0 radical (unpaired) electrons. The number of benzene rings is 3. The summed E-state index contributed by atoms with van der Waals surface area (Å²) in [5.74, 6) is -1.90. The summed E-state index contributed by atoms with van der Waals surface area (Å²) in [6, 6.07) is 16.9. The molecular formula is C50H64N8O10. The second-order valence-electron chi connectivity index (χ2n) is 18.1. The van der Waals surface area contributed by atoms with Gasteiger partial charge in [-0.25, -0.2) is 4.79 Å². The number of likely N-dealkylation sites (tertiary alicyclic amines) is 1. The van der Waals surface area contributed by atoms with Crippen molar-refractivity contribution in [2.45, 2.75) is 114 Å². The molecule has 68 heavy (non-hydrogen) atoms. The highest BCUT2D eigenvalue weighted by Gasteiger charge is 2.43. The molecule has 4 heterocycles. The topological polar surface area (TPSA) is 240 Å². The number of anilines is 1. The number of imide groups is 1. The highest BCUT2D eigenvalue weighted by molar-refractivity contribution is 6.07. The number of nitrogens with zero attached hydrogens (tertiary/aromatic N) is 4. The minimum Gasteiger partial charge on any atom is -0.379 e. The van der Waals surface area contributed by atoms with Crippen LogP contribution in [-0.2, 0) is 82.3 Å². The van der Waals surface area contributed by atoms with Gasteiger partial charge in [0.25, 0.3) is 5.91 Å². The Balaban J connectivity index is 0.760. The van der Waals surface area contributed by atoms with Gasteiger partial charge in [-0.05, 0) is 98.2 Å². The van der Waals surface area contributed by atoms with Gasteiger partial charge in [-0.2, -0.15) is 0 Å². The van der Waals surface area contributed by atoms with E-state index < -0.39 is 36.2 Å². The Morgan fingerprint density at radius 3 is 2.32 bits per heavy atom. The molecular weight excluding hydrogens is 873 g/mol. The number of aromatic nitrogens is 2. The number of nitrogens with two attached hydrogens (primary N) is 2. The maximum absolute atomic E-state index is 13.8. The summed E-state index contributed by atoms with van der Waals surface area (Å²) in [5, 5.41) is 5.96. The lowest BCUT2D eigenvalue weighted by atomic mass is 10.0. The molecule has 0 saturated carbocycles. The van der Waals surface area contributed by atoms with Crippen LogP contribution in [0.1, 0.15) is 85.7 Å². The highest BCUT2D eigenvalue weighted by atomic mass is 16.5. The van der Waals surface area contributed by atoms with Crippen molar-refractivity contribution < 1.29 is 43.0 Å². The van der Waals surface area contributed by atoms with Crippen molar-refractivity contribution in [1.29, 1.82) is 0 Å². The fourth-order valence-corrected chi connectivity index (χ4v) is 9.35. The molecule has 0 aliphatic carbocycles. The Bertz CT molecular complexity index is 2550. The van der Waals surface area contributed by atoms with Gasteiger partial charge in [-0.3, -0.25) is 47.7 Å². The number of hydrogen-bond donors (Lipinski definition) is 4. The van der Waals surface area contributed by atoms with Crippen LogP contribution in [0, 0.1) is 0 Å². The van der Waals surface area contributed by atoms with Gasteiger partial charge in [-0.1, -0.05) is 48.5 Å². The van der Waals surface area contributed by atoms with Crippen molar-refractivity contribution in [3.8, 4) is 0 Å². The van der Waals surface area contributed by atoms with Crippen molar-refractivity contribution in [2.24, 2.45) is 18.5 Å². The molecule has 4 aromatic rings. The van der Waals surface area contributed by atoms with Crippen LogP contribution in [0.15, 0.2) is 65.5 Å². The van der Waals surface area contributed by atoms with E-state index in [4.69, 9.17) is 25.7 Å². The molecule has 7 rings (SSSR count). The van der Waals surface area contributed by atoms with Gasteiger partial charge >= 0.3 is 5.69 Å². The molecule has 1 aromatic heterocycles. The van der Waals surface area contributed by atoms with E-state index in [1.165, 1.54) is 16.2 Å². The summed E-state index contributed by atoms with van der Waals surface area (Å²) in [6.45, 7) is 3.66. The van der Waals surface area contributed by atoms with E-state index in [2.05, 4.69) is 10.6 Å². The Morgan fingerprint density at radius 1 is 0.824 bits per heavy atom. The maximum Gasteiger partial charge on any atom is 0.329 e. The second-order valence-corrected chi connectivity index (χ2v) is 18.1. The third kappa shape index (κ3) is 11.7. The Hall–Kier alpha value is -6.21. The zero-order chi connectivity index (χ0) is 48.5. The first-order chi connectivity index (χ1) is 32.7. The highest BCUT2D eigenvalue weighted by Crippen LogP contribution is 2.39. The van der Waals surface area contributed by atoms with E-state index >= 15 is 0 Å². The van der Waals surface area contributed by atoms with Crippen molar-refractivity contribution >= 4 is 52.2 Å². The standard InChI is InChI=1S/C50H64N8O10/c1-31(38(18-21-43(52)59)54-47(62)42-28-36-10-4-9-35-16-17-37(51)48(63)58(42)46(35)36)68-29-34-13-11-32(12-14-34)7-5-23-53-44(60)30-67-26-25-66-24-6-8-33-15-19-39-41(27-33)55(2)50(65)57(39)40-20-22-45(61)56(3)49(40)64/h4,9-15,19,27,31,37-38,40,42H,5-8,16-18,20-26,28-30,51H2,1-3H3,(H2,52,59)(H,53,60)(H,54,62)/t31-,37+,38+,40?,42+/m1/s1. The van der Waals surface area contributed by atoms with Crippen LogP contribution >= 0.6 is 0 Å². The molecule has 0 spiro atoms. The Kier molecular flexibility index (Phi) is 16.6. The number of para-hydroxylation sites is 1. The summed E-state index contributed by atoms with van der Waals surface area (Å²) in [7, 11) is 3.13. The number of amides is 6. The second kappa shape index (κ2) is 22.7. The first-order valence-corrected chi connectivity index (χ1v) is 23.6. The Morgan fingerprint density at radius 2 is 1.54 bits per heavy atom. The zero-order valence-electron chi connectivity index (χ0n) is 39.2. The first-order valence-electron chi connectivity index (χ1n) is 23.6. The number of aryl methyl sites for hydroxylation is 4. The minimum atomic E-state index is -0.756. The number of fused-ring (bicyclic) bond motifs is 1. The number of nitrogens with one attached hydrogen (secondary N) is 2. The number of likely N-dealkylation sites (N-methyl/N-ethyl adjacent to an activating group) is 1. The number of hydrogen-bond acceptors (Lipinski definition) is 11. The molecule has 1 fully saturated rings. The van der Waals surface area contributed by atoms with Gasteiger partial charge < -0.3 is 36.3 Å². The predicted octanol–water partition coefficient (Wildman–Crippen LogP) is 2.26. The van der Waals surface area contributed by atoms with Gasteiger partial charge in [0.1, 0.15) is 18.7 Å². The first kappa shape index (κ1) is 49.7. The van der Waals surface area contributed by atoms with Crippen LogP contribution in [0.2, 0.25) is 0 Å². The molecule has 3 aromatic carbocycles. The molecule has 6 N–H and O–H groups in total. The SMILES string of the molecule is C[C@@H](OCc1ccc(CCCNC(=O)COCCOCCCc2ccc3c(c2)n(C)c(=O)n3C2CCC(=O)N(C)C2=O)cc1)[C@H](CCC(N)=O)NC(=O)[C@@H]1Cc2cccc3c2N1C(=O)[C@@H](N)CC3. The average Bonchev–Trinajstić information content (AvgIpc) is 3.80. The normalized spacial score (nSPS) is 18.9. The van der Waals surface area contributed by atoms with Crippen LogP contribution in [0.3, 0.4) is 0 Å². The number of carbonyl (C=O) groups excluding carboxylic acids is 6. The summed E-state index contributed by atoms with van der Waals surface area (Å²) in [5.41, 5.74) is 18.6. The molecule has 5 atom stereocenters. The lowest BCUT2D eigenvalue weighted by Gasteiger charge is -2.30. The molecule has 18 heteroatoms. The summed E-state index contributed by atoms with van der Waals surface area (Å²) >= 11 is 0. The number of piperidine rings is 1. The number of primary amides is 1. The predicted molar refractivity (Wildman–Crippen MR) is 253 cm³/mol. The van der Waals surface area contributed by atoms with E-state index in [-0.39, 0.29) is 74.3 Å². The number of rotatable bonds is 23. The molecule has 364 valence electrons. The average molecular weight is 937 g/mol. The quantitative estimate of drug-likeness (QED) is 0.0622. The largest absolute Gasteiger partial charge is 0.379 e. The number of imidazole rings is 1. The maximum atomic E-state index is 13.8. The van der Waals surface area contributed by atoms with Crippen LogP contribution in [0.5, 0.6) is 0 Å². The summed E-state index contributed by atoms with van der Waals surface area (Å²) in [6.07, 6.45) is 4.87. The smallest absolute Gasteiger partial charge is 0.329 e. The van der Waals surface area contributed by atoms with Crippen molar-refractivity contribution in [1.82, 2.24) is 24.7 Å². The van der Waals surface area contributed by atoms with E-state index in [1.807, 2.05) is 67.6 Å². The van der Waals surface area contributed by atoms with Gasteiger partial charge in [0.15, 0.2) is 0 Å². The van der Waals surface area contributed by atoms with Gasteiger partial charge in [-0.15, -0.1) is 0 Å². The molecule has 0 bridgehead atoms. The molecule has 1 saturated heterocycles. The van der Waals surface area contributed by atoms with Crippen molar-refractivity contribution in [2.75, 3.05) is 44.9 Å². The Labute approximate surface area is 395 Å². The molecule has 3 aliphatic rings. The molecule has 3 aliphatic heterocycles. The molecule has 6 amide bonds. The fraction of sp³-hybridized carbons (Fsp3) is 0.500. The molecule has 18 nitrogen and oxygen atoms in total. The summed E-state index contributed by atoms with van der Waals surface area (Å²) in [4.78, 5) is 91.9. The summed E-state index contributed by atoms with van der Waals surface area (Å²) < 4.78 is 20.5. The van der Waals surface area contributed by atoms with Crippen LogP contribution in [0.25, 0.3) is 11.0 Å². The third-order valence-electron chi connectivity index (χ3n) is 13.3. The van der Waals surface area contributed by atoms with E-state index in [9.17, 15) is 33.6 Å². The lowest BCUT2D eigenvalue weighted by Crippen LogP contribution is -2.55.